The van der Waals surface area contributed by atoms with E-state index in [0.29, 0.717) is 12.2 Å². The van der Waals surface area contributed by atoms with Gasteiger partial charge >= 0.3 is 12.0 Å². The van der Waals surface area contributed by atoms with Gasteiger partial charge in [0.1, 0.15) is 0 Å². The maximum atomic E-state index is 11.8. The Hall–Kier alpha value is -3.35. The van der Waals surface area contributed by atoms with Crippen LogP contribution in [-0.2, 0) is 14.3 Å². The van der Waals surface area contributed by atoms with Crippen molar-refractivity contribution in [3.63, 3.8) is 0 Å². The first-order chi connectivity index (χ1) is 13.5. The Bertz CT molecular complexity index is 766. The lowest BCUT2D eigenvalue weighted by Crippen LogP contribution is -2.33. The third-order valence-corrected chi connectivity index (χ3v) is 3.98. The number of carbonyl (C=O) groups excluding carboxylic acids is 3. The summed E-state index contributed by atoms with van der Waals surface area (Å²) >= 11 is 0. The molecule has 0 aliphatic carbocycles. The summed E-state index contributed by atoms with van der Waals surface area (Å²) in [5, 5.41) is 7.94. The van der Waals surface area contributed by atoms with Crippen LogP contribution in [0.3, 0.4) is 0 Å². The Kier molecular flexibility index (Phi) is 8.52. The van der Waals surface area contributed by atoms with Crippen molar-refractivity contribution in [2.45, 2.75) is 19.3 Å². The van der Waals surface area contributed by atoms with Gasteiger partial charge in [0, 0.05) is 18.8 Å². The lowest BCUT2D eigenvalue weighted by Gasteiger charge is -2.13. The molecule has 148 valence electrons. The molecule has 7 heteroatoms. The van der Waals surface area contributed by atoms with Crippen LogP contribution in [0.5, 0.6) is 0 Å². The fourth-order valence-corrected chi connectivity index (χ4v) is 2.41. The minimum absolute atomic E-state index is 0.0179. The van der Waals surface area contributed by atoms with E-state index < -0.39 is 12.0 Å². The first-order valence-electron chi connectivity index (χ1n) is 9.12. The van der Waals surface area contributed by atoms with Gasteiger partial charge in [0.05, 0.1) is 6.42 Å². The molecule has 0 unspecified atom stereocenters. The number of amides is 3. The third-order valence-electron chi connectivity index (χ3n) is 3.98. The molecule has 0 aromatic heterocycles. The summed E-state index contributed by atoms with van der Waals surface area (Å²) in [6, 6.07) is 18.4. The molecule has 0 saturated heterocycles. The number of benzene rings is 2. The molecular weight excluding hydrogens is 358 g/mol. The lowest BCUT2D eigenvalue weighted by atomic mass is 10.0. The molecule has 2 aromatic rings. The summed E-state index contributed by atoms with van der Waals surface area (Å²) < 4.78 is 4.92. The van der Waals surface area contributed by atoms with Crippen LogP contribution in [0.2, 0.25) is 0 Å². The summed E-state index contributed by atoms with van der Waals surface area (Å²) in [6.45, 7) is 2.25. The number of rotatable bonds is 9. The molecule has 2 rings (SSSR count). The average molecular weight is 383 g/mol. The van der Waals surface area contributed by atoms with E-state index in [1.807, 2.05) is 43.3 Å². The molecular formula is C21H25N3O4. The Morgan fingerprint density at radius 3 is 2.25 bits per heavy atom. The number of urea groups is 1. The second-order valence-corrected chi connectivity index (χ2v) is 6.27. The number of anilines is 1. The molecule has 0 saturated carbocycles. The maximum absolute atomic E-state index is 11.8. The van der Waals surface area contributed by atoms with Gasteiger partial charge in [-0.1, -0.05) is 55.5 Å². The molecule has 1 atom stereocenters. The van der Waals surface area contributed by atoms with Gasteiger partial charge < -0.3 is 20.7 Å². The van der Waals surface area contributed by atoms with E-state index in [1.54, 1.807) is 24.3 Å². The highest BCUT2D eigenvalue weighted by atomic mass is 16.5. The van der Waals surface area contributed by atoms with Crippen LogP contribution < -0.4 is 16.0 Å². The number of nitrogens with one attached hydrogen (secondary N) is 3. The molecule has 0 spiro atoms. The van der Waals surface area contributed by atoms with Crippen molar-refractivity contribution < 1.29 is 19.1 Å². The van der Waals surface area contributed by atoms with Gasteiger partial charge in [-0.05, 0) is 23.6 Å². The van der Waals surface area contributed by atoms with E-state index >= 15 is 0 Å². The second-order valence-electron chi connectivity index (χ2n) is 6.27. The molecule has 3 amide bonds. The van der Waals surface area contributed by atoms with Crippen LogP contribution in [0.1, 0.15) is 24.8 Å². The zero-order valence-corrected chi connectivity index (χ0v) is 15.8. The zero-order valence-electron chi connectivity index (χ0n) is 15.8. The predicted octanol–water partition coefficient (Wildman–Crippen LogP) is 2.66. The number of hydrogen-bond acceptors (Lipinski definition) is 4. The van der Waals surface area contributed by atoms with E-state index in [1.165, 1.54) is 0 Å². The number of carbonyl (C=O) groups is 3. The quantitative estimate of drug-likeness (QED) is 0.580. The largest absolute Gasteiger partial charge is 0.456 e. The highest BCUT2D eigenvalue weighted by molar-refractivity contribution is 5.89. The first kappa shape index (κ1) is 21.0. The Morgan fingerprint density at radius 2 is 1.57 bits per heavy atom. The van der Waals surface area contributed by atoms with Gasteiger partial charge in [-0.2, -0.15) is 0 Å². The van der Waals surface area contributed by atoms with Crippen LogP contribution in [0.4, 0.5) is 10.5 Å². The van der Waals surface area contributed by atoms with Gasteiger partial charge in [-0.3, -0.25) is 9.59 Å². The van der Waals surface area contributed by atoms with Crippen LogP contribution in [0.15, 0.2) is 60.7 Å². The maximum Gasteiger partial charge on any atom is 0.319 e. The second kappa shape index (κ2) is 11.4. The standard InChI is InChI=1S/C21H25N3O4/c1-16(17-8-4-2-5-9-17)14-23-19(25)15-28-20(26)12-13-22-21(27)24-18-10-6-3-7-11-18/h2-11,16H,12-15H2,1H3,(H,23,25)(H2,22,24,27)/t16-/m1/s1. The van der Waals surface area contributed by atoms with Crippen molar-refractivity contribution in [2.24, 2.45) is 0 Å². The molecule has 0 heterocycles. The van der Waals surface area contributed by atoms with Crippen LogP contribution in [0, 0.1) is 0 Å². The van der Waals surface area contributed by atoms with Crippen LogP contribution >= 0.6 is 0 Å². The van der Waals surface area contributed by atoms with Gasteiger partial charge in [0.2, 0.25) is 0 Å². The molecule has 2 aromatic carbocycles. The number of para-hydroxylation sites is 1. The molecule has 0 aliphatic heterocycles. The van der Waals surface area contributed by atoms with Crippen LogP contribution in [-0.4, -0.2) is 37.6 Å². The topological polar surface area (TPSA) is 96.5 Å². The van der Waals surface area contributed by atoms with Crippen molar-refractivity contribution in [3.05, 3.63) is 66.2 Å². The van der Waals surface area contributed by atoms with E-state index in [-0.39, 0.29) is 31.4 Å². The minimum atomic E-state index is -0.550. The summed E-state index contributed by atoms with van der Waals surface area (Å²) in [6.07, 6.45) is -0.0179. The summed E-state index contributed by atoms with van der Waals surface area (Å²) in [5.74, 6) is -0.745. The predicted molar refractivity (Wildman–Crippen MR) is 107 cm³/mol. The zero-order chi connectivity index (χ0) is 20.2. The van der Waals surface area contributed by atoms with Gasteiger partial charge in [-0.15, -0.1) is 0 Å². The molecule has 0 fully saturated rings. The van der Waals surface area contributed by atoms with Crippen molar-refractivity contribution in [3.8, 4) is 0 Å². The molecule has 7 nitrogen and oxygen atoms in total. The van der Waals surface area contributed by atoms with E-state index in [9.17, 15) is 14.4 Å². The Morgan fingerprint density at radius 1 is 0.929 bits per heavy atom. The highest BCUT2D eigenvalue weighted by Crippen LogP contribution is 2.12. The first-order valence-corrected chi connectivity index (χ1v) is 9.12. The van der Waals surface area contributed by atoms with Gasteiger partial charge in [0.15, 0.2) is 6.61 Å². The third kappa shape index (κ3) is 7.90. The van der Waals surface area contributed by atoms with Crippen molar-refractivity contribution in [1.82, 2.24) is 10.6 Å². The van der Waals surface area contributed by atoms with Gasteiger partial charge in [0.25, 0.3) is 5.91 Å². The minimum Gasteiger partial charge on any atom is -0.456 e. The molecule has 0 radical (unpaired) electrons. The Labute approximate surface area is 164 Å². The SMILES string of the molecule is C[C@H](CNC(=O)COC(=O)CCNC(=O)Nc1ccccc1)c1ccccc1. The average Bonchev–Trinajstić information content (AvgIpc) is 2.71. The Balaban J connectivity index is 1.56. The molecule has 3 N–H and O–H groups in total. The van der Waals surface area contributed by atoms with Crippen LogP contribution in [0.25, 0.3) is 0 Å². The number of esters is 1. The fourth-order valence-electron chi connectivity index (χ4n) is 2.41. The van der Waals surface area contributed by atoms with Crippen molar-refractivity contribution in [2.75, 3.05) is 25.0 Å². The number of hydrogen-bond donors (Lipinski definition) is 3. The molecule has 0 aliphatic rings. The fraction of sp³-hybridized carbons (Fsp3) is 0.286. The summed E-state index contributed by atoms with van der Waals surface area (Å²) in [4.78, 5) is 35.2. The van der Waals surface area contributed by atoms with E-state index in [4.69, 9.17) is 4.74 Å². The van der Waals surface area contributed by atoms with Crippen molar-refractivity contribution >= 4 is 23.6 Å². The summed E-state index contributed by atoms with van der Waals surface area (Å²) in [7, 11) is 0. The smallest absolute Gasteiger partial charge is 0.319 e. The molecule has 0 bridgehead atoms. The van der Waals surface area contributed by atoms with E-state index in [2.05, 4.69) is 16.0 Å². The molecule has 28 heavy (non-hydrogen) atoms. The van der Waals surface area contributed by atoms with Crippen molar-refractivity contribution in [1.29, 1.82) is 0 Å². The lowest BCUT2D eigenvalue weighted by molar-refractivity contribution is -0.148. The number of ether oxygens (including phenoxy) is 1. The highest BCUT2D eigenvalue weighted by Gasteiger charge is 2.10. The normalized spacial score (nSPS) is 11.2. The van der Waals surface area contributed by atoms with E-state index in [0.717, 1.165) is 5.56 Å². The van der Waals surface area contributed by atoms with Gasteiger partial charge in [-0.25, -0.2) is 4.79 Å². The monoisotopic (exact) mass is 383 g/mol. The summed E-state index contributed by atoms with van der Waals surface area (Å²) in [5.41, 5.74) is 1.78.